The normalized spacial score (nSPS) is 15.4. The first-order valence-electron chi connectivity index (χ1n) is 8.24. The molecule has 1 aliphatic rings. The van der Waals surface area contributed by atoms with Crippen LogP contribution < -0.4 is 27.6 Å². The number of nitrogens with one attached hydrogen (secondary N) is 1. The number of rotatable bonds is 4. The van der Waals surface area contributed by atoms with Crippen LogP contribution in [0.1, 0.15) is 0 Å². The second-order valence-electron chi connectivity index (χ2n) is 6.03. The van der Waals surface area contributed by atoms with Crippen molar-refractivity contribution in [3.8, 4) is 5.88 Å². The van der Waals surface area contributed by atoms with E-state index in [1.807, 2.05) is 33.4 Å². The maximum Gasteiger partial charge on any atom is 0.275 e. The highest BCUT2D eigenvalue weighted by atomic mass is 35.5. The lowest BCUT2D eigenvalue weighted by Crippen LogP contribution is -3.14. The molecule has 3 aromatic heterocycles. The topological polar surface area (TPSA) is 62.2 Å². The summed E-state index contributed by atoms with van der Waals surface area (Å²) in [6, 6.07) is 7.42. The van der Waals surface area contributed by atoms with Crippen molar-refractivity contribution >= 4 is 16.7 Å². The number of fused-ring (bicyclic) bond motifs is 3. The summed E-state index contributed by atoms with van der Waals surface area (Å²) in [5.41, 5.74) is 2.23. The van der Waals surface area contributed by atoms with Gasteiger partial charge < -0.3 is 26.8 Å². The van der Waals surface area contributed by atoms with Gasteiger partial charge in [0, 0.05) is 12.3 Å². The van der Waals surface area contributed by atoms with Crippen LogP contribution in [0.15, 0.2) is 35.3 Å². The Bertz CT molecular complexity index is 931. The summed E-state index contributed by atoms with van der Waals surface area (Å²) in [6.45, 7) is 5.14. The van der Waals surface area contributed by atoms with Gasteiger partial charge in [-0.15, -0.1) is 0 Å². The summed E-state index contributed by atoms with van der Waals surface area (Å²) in [6.07, 6.45) is 1.86. The van der Waals surface area contributed by atoms with E-state index in [2.05, 4.69) is 4.98 Å². The van der Waals surface area contributed by atoms with Gasteiger partial charge in [-0.05, 0) is 18.2 Å². The van der Waals surface area contributed by atoms with Crippen molar-refractivity contribution in [2.75, 3.05) is 40.0 Å². The van der Waals surface area contributed by atoms with Crippen molar-refractivity contribution in [1.82, 2.24) is 14.0 Å². The number of halogens is 1. The molecule has 8 heteroatoms. The van der Waals surface area contributed by atoms with Gasteiger partial charge in [0.05, 0.1) is 38.9 Å². The SMILES string of the molecule is COc1ccc2c(n1)n1cccc1c(=O)n2CC[NH+]1CCOCC1.[Cl-]. The van der Waals surface area contributed by atoms with E-state index < -0.39 is 0 Å². The van der Waals surface area contributed by atoms with E-state index in [-0.39, 0.29) is 18.0 Å². The van der Waals surface area contributed by atoms with Gasteiger partial charge in [0.2, 0.25) is 5.88 Å². The Balaban J connectivity index is 0.00000182. The van der Waals surface area contributed by atoms with Crippen molar-refractivity contribution in [2.45, 2.75) is 6.54 Å². The maximum absolute atomic E-state index is 12.9. The first-order valence-corrected chi connectivity index (χ1v) is 8.24. The van der Waals surface area contributed by atoms with Crippen LogP contribution in [0.4, 0.5) is 0 Å². The van der Waals surface area contributed by atoms with E-state index in [9.17, 15) is 4.79 Å². The Morgan fingerprint density at radius 2 is 2.04 bits per heavy atom. The average molecular weight is 365 g/mol. The van der Waals surface area contributed by atoms with E-state index in [4.69, 9.17) is 9.47 Å². The fraction of sp³-hybridized carbons (Fsp3) is 0.412. The van der Waals surface area contributed by atoms with E-state index >= 15 is 0 Å². The van der Waals surface area contributed by atoms with E-state index in [1.54, 1.807) is 13.2 Å². The minimum Gasteiger partial charge on any atom is -1.00 e. The van der Waals surface area contributed by atoms with Crippen molar-refractivity contribution in [3.05, 3.63) is 40.8 Å². The average Bonchev–Trinajstić information content (AvgIpc) is 3.12. The summed E-state index contributed by atoms with van der Waals surface area (Å²) in [5, 5.41) is 0. The number of aromatic nitrogens is 3. The molecule has 1 N–H and O–H groups in total. The van der Waals surface area contributed by atoms with E-state index in [0.29, 0.717) is 17.9 Å². The van der Waals surface area contributed by atoms with E-state index in [0.717, 1.165) is 44.0 Å². The number of methoxy groups -OCH3 is 1. The molecule has 4 heterocycles. The second kappa shape index (κ2) is 7.43. The summed E-state index contributed by atoms with van der Waals surface area (Å²) < 4.78 is 14.3. The Morgan fingerprint density at radius 3 is 2.80 bits per heavy atom. The summed E-state index contributed by atoms with van der Waals surface area (Å²) >= 11 is 0. The molecule has 0 bridgehead atoms. The van der Waals surface area contributed by atoms with Crippen LogP contribution in [0.3, 0.4) is 0 Å². The van der Waals surface area contributed by atoms with Crippen LogP contribution in [-0.4, -0.2) is 53.9 Å². The Kier molecular flexibility index (Phi) is 5.27. The number of nitrogens with zero attached hydrogens (tertiary/aromatic N) is 3. The molecule has 7 nitrogen and oxygen atoms in total. The molecule has 0 atom stereocenters. The lowest BCUT2D eigenvalue weighted by Gasteiger charge is -2.24. The number of pyridine rings is 1. The van der Waals surface area contributed by atoms with Gasteiger partial charge in [-0.2, -0.15) is 4.98 Å². The molecule has 1 saturated heterocycles. The van der Waals surface area contributed by atoms with Crippen molar-refractivity contribution < 1.29 is 26.8 Å². The zero-order valence-electron chi connectivity index (χ0n) is 14.1. The number of quaternary nitrogens is 1. The third kappa shape index (κ3) is 3.22. The largest absolute Gasteiger partial charge is 1.00 e. The maximum atomic E-state index is 12.9. The number of morpholine rings is 1. The summed E-state index contributed by atoms with van der Waals surface area (Å²) in [4.78, 5) is 18.9. The van der Waals surface area contributed by atoms with Crippen LogP contribution in [0.2, 0.25) is 0 Å². The Morgan fingerprint density at radius 1 is 1.24 bits per heavy atom. The van der Waals surface area contributed by atoms with Crippen LogP contribution in [0.25, 0.3) is 16.7 Å². The molecule has 25 heavy (non-hydrogen) atoms. The Labute approximate surface area is 151 Å². The highest BCUT2D eigenvalue weighted by Gasteiger charge is 2.17. The van der Waals surface area contributed by atoms with Gasteiger partial charge in [0.15, 0.2) is 5.65 Å². The number of ether oxygens (including phenoxy) is 2. The molecule has 3 aromatic rings. The zero-order chi connectivity index (χ0) is 16.5. The summed E-state index contributed by atoms with van der Waals surface area (Å²) in [7, 11) is 1.60. The van der Waals surface area contributed by atoms with Gasteiger partial charge in [0.1, 0.15) is 18.6 Å². The van der Waals surface area contributed by atoms with Crippen LogP contribution in [0, 0.1) is 0 Å². The predicted octanol–water partition coefficient (Wildman–Crippen LogP) is -3.42. The predicted molar refractivity (Wildman–Crippen MR) is 89.9 cm³/mol. The van der Waals surface area contributed by atoms with Gasteiger partial charge in [0.25, 0.3) is 5.56 Å². The Hall–Kier alpha value is -2.09. The highest BCUT2D eigenvalue weighted by molar-refractivity contribution is 5.75. The molecule has 0 saturated carbocycles. The van der Waals surface area contributed by atoms with Gasteiger partial charge in [-0.25, -0.2) is 0 Å². The fourth-order valence-electron chi connectivity index (χ4n) is 3.31. The number of hydrogen-bond donors (Lipinski definition) is 1. The molecule has 4 rings (SSSR count). The molecule has 0 spiro atoms. The van der Waals surface area contributed by atoms with Gasteiger partial charge >= 0.3 is 0 Å². The standard InChI is InChI=1S/C17H20N4O3.ClH/c1-23-15-5-4-13-16(18-15)20-6-2-3-14(20)17(22)21(13)8-7-19-9-11-24-12-10-19;/h2-6H,7-12H2,1H3;1H. The molecular weight excluding hydrogens is 344 g/mol. The van der Waals surface area contributed by atoms with Crippen LogP contribution in [0.5, 0.6) is 5.88 Å². The smallest absolute Gasteiger partial charge is 0.275 e. The zero-order valence-corrected chi connectivity index (χ0v) is 14.8. The van der Waals surface area contributed by atoms with Gasteiger partial charge in [-0.1, -0.05) is 0 Å². The molecule has 0 aromatic carbocycles. The highest BCUT2D eigenvalue weighted by Crippen LogP contribution is 2.17. The molecule has 0 radical (unpaired) electrons. The molecule has 1 aliphatic heterocycles. The van der Waals surface area contributed by atoms with Crippen molar-refractivity contribution in [1.29, 1.82) is 0 Å². The molecule has 0 unspecified atom stereocenters. The minimum atomic E-state index is 0. The van der Waals surface area contributed by atoms with Gasteiger partial charge in [-0.3, -0.25) is 13.8 Å². The van der Waals surface area contributed by atoms with Crippen molar-refractivity contribution in [2.24, 2.45) is 0 Å². The first kappa shape index (κ1) is 17.7. The first-order chi connectivity index (χ1) is 11.8. The lowest BCUT2D eigenvalue weighted by atomic mass is 10.3. The summed E-state index contributed by atoms with van der Waals surface area (Å²) in [5.74, 6) is 0.543. The lowest BCUT2D eigenvalue weighted by molar-refractivity contribution is -0.908. The number of hydrogen-bond acceptors (Lipinski definition) is 4. The van der Waals surface area contributed by atoms with Crippen LogP contribution >= 0.6 is 0 Å². The molecule has 1 fully saturated rings. The van der Waals surface area contributed by atoms with Crippen LogP contribution in [-0.2, 0) is 11.3 Å². The third-order valence-electron chi connectivity index (χ3n) is 4.66. The quantitative estimate of drug-likeness (QED) is 0.524. The minimum absolute atomic E-state index is 0. The second-order valence-corrected chi connectivity index (χ2v) is 6.03. The monoisotopic (exact) mass is 364 g/mol. The molecular formula is C17H21ClN4O3. The molecule has 0 amide bonds. The van der Waals surface area contributed by atoms with Crippen molar-refractivity contribution in [3.63, 3.8) is 0 Å². The third-order valence-corrected chi connectivity index (χ3v) is 4.66. The molecule has 134 valence electrons. The molecule has 0 aliphatic carbocycles. The van der Waals surface area contributed by atoms with E-state index in [1.165, 1.54) is 4.90 Å². The fourth-order valence-corrected chi connectivity index (χ4v) is 3.31.